The van der Waals surface area contributed by atoms with E-state index in [0.717, 1.165) is 33.1 Å². The third kappa shape index (κ3) is 3.42. The van der Waals surface area contributed by atoms with Crippen LogP contribution in [0.3, 0.4) is 0 Å². The molecule has 0 saturated carbocycles. The Balaban J connectivity index is 1.73. The summed E-state index contributed by atoms with van der Waals surface area (Å²) in [6.07, 6.45) is 4.23. The van der Waals surface area contributed by atoms with Crippen LogP contribution in [-0.4, -0.2) is 34.8 Å². The number of benzene rings is 2. The van der Waals surface area contributed by atoms with Crippen LogP contribution >= 0.6 is 0 Å². The largest absolute Gasteiger partial charge is 0.253 e. The monoisotopic (exact) mass is 380 g/mol. The summed E-state index contributed by atoms with van der Waals surface area (Å²) in [6.45, 7) is 2.10. The molecule has 27 heavy (non-hydrogen) atoms. The van der Waals surface area contributed by atoms with E-state index in [4.69, 9.17) is 0 Å². The Kier molecular flexibility index (Phi) is 4.39. The van der Waals surface area contributed by atoms with Crippen LogP contribution in [0.15, 0.2) is 59.8 Å². The first-order valence-corrected chi connectivity index (χ1v) is 10.7. The van der Waals surface area contributed by atoms with Crippen molar-refractivity contribution in [3.05, 3.63) is 71.5 Å². The number of rotatable bonds is 4. The standard InChI is InChI=1S/C20H20N4O2S/c1-3-14-8-10-15(11-9-14)18-12-20(24(23-18)27(2,25)26)19-13-21-16-6-4-5-7-17(16)22-19/h4-11,13,20H,3,12H2,1-2H3/t20-/m0/s1. The van der Waals surface area contributed by atoms with E-state index >= 15 is 0 Å². The third-order valence-electron chi connectivity index (χ3n) is 4.72. The molecule has 0 spiro atoms. The summed E-state index contributed by atoms with van der Waals surface area (Å²) in [7, 11) is -3.53. The number of sulfonamides is 1. The predicted molar refractivity (Wildman–Crippen MR) is 106 cm³/mol. The second-order valence-corrected chi connectivity index (χ2v) is 8.48. The lowest BCUT2D eigenvalue weighted by Gasteiger charge is -2.20. The molecule has 1 atom stereocenters. The van der Waals surface area contributed by atoms with Crippen LogP contribution in [0, 0.1) is 0 Å². The van der Waals surface area contributed by atoms with E-state index in [0.29, 0.717) is 12.1 Å². The third-order valence-corrected chi connectivity index (χ3v) is 5.73. The van der Waals surface area contributed by atoms with Gasteiger partial charge < -0.3 is 0 Å². The highest BCUT2D eigenvalue weighted by Crippen LogP contribution is 2.34. The molecule has 4 rings (SSSR count). The highest BCUT2D eigenvalue weighted by Gasteiger charge is 2.35. The van der Waals surface area contributed by atoms with Crippen LogP contribution in [0.1, 0.15) is 36.2 Å². The molecule has 0 unspecified atom stereocenters. The Morgan fingerprint density at radius 3 is 2.44 bits per heavy atom. The maximum atomic E-state index is 12.3. The summed E-state index contributed by atoms with van der Waals surface area (Å²) in [5.74, 6) is 0. The highest BCUT2D eigenvalue weighted by atomic mass is 32.2. The molecule has 1 aromatic heterocycles. The van der Waals surface area contributed by atoms with Crippen molar-refractivity contribution in [1.29, 1.82) is 0 Å². The molecule has 7 heteroatoms. The van der Waals surface area contributed by atoms with Crippen LogP contribution in [-0.2, 0) is 16.4 Å². The quantitative estimate of drug-likeness (QED) is 0.696. The van der Waals surface area contributed by atoms with Crippen molar-refractivity contribution in [3.8, 4) is 0 Å². The molecule has 0 N–H and O–H groups in total. The van der Waals surface area contributed by atoms with E-state index in [1.165, 1.54) is 11.8 Å². The number of fused-ring (bicyclic) bond motifs is 1. The first-order valence-electron chi connectivity index (χ1n) is 8.83. The van der Waals surface area contributed by atoms with Crippen molar-refractivity contribution < 1.29 is 8.42 Å². The lowest BCUT2D eigenvalue weighted by molar-refractivity contribution is 0.368. The van der Waals surface area contributed by atoms with E-state index in [2.05, 4.69) is 22.0 Å². The maximum Gasteiger partial charge on any atom is 0.247 e. The lowest BCUT2D eigenvalue weighted by Crippen LogP contribution is -2.26. The number of hydrogen-bond acceptors (Lipinski definition) is 5. The van der Waals surface area contributed by atoms with Gasteiger partial charge in [-0.2, -0.15) is 9.52 Å². The Hall–Kier alpha value is -2.80. The second-order valence-electron chi connectivity index (χ2n) is 6.64. The minimum Gasteiger partial charge on any atom is -0.253 e. The van der Waals surface area contributed by atoms with Crippen molar-refractivity contribution in [2.45, 2.75) is 25.8 Å². The van der Waals surface area contributed by atoms with Gasteiger partial charge in [0, 0.05) is 6.42 Å². The van der Waals surface area contributed by atoms with Gasteiger partial charge in [0.2, 0.25) is 10.0 Å². The summed E-state index contributed by atoms with van der Waals surface area (Å²) in [5, 5.41) is 4.42. The van der Waals surface area contributed by atoms with Gasteiger partial charge in [0.15, 0.2) is 0 Å². The molecule has 2 heterocycles. The molecule has 0 fully saturated rings. The van der Waals surface area contributed by atoms with Crippen LogP contribution in [0.5, 0.6) is 0 Å². The van der Waals surface area contributed by atoms with Gasteiger partial charge in [-0.15, -0.1) is 0 Å². The molecule has 6 nitrogen and oxygen atoms in total. The summed E-state index contributed by atoms with van der Waals surface area (Å²) < 4.78 is 25.8. The Labute approximate surface area is 158 Å². The molecule has 0 amide bonds. The summed E-state index contributed by atoms with van der Waals surface area (Å²) in [6, 6.07) is 15.1. The van der Waals surface area contributed by atoms with Crippen LogP contribution < -0.4 is 0 Å². The molecular formula is C20H20N4O2S. The molecule has 3 aromatic rings. The predicted octanol–water partition coefficient (Wildman–Crippen LogP) is 3.30. The number of hydrogen-bond donors (Lipinski definition) is 0. The number of aryl methyl sites for hydroxylation is 1. The van der Waals surface area contributed by atoms with Gasteiger partial charge in [0.25, 0.3) is 0 Å². The fraction of sp³-hybridized carbons (Fsp3) is 0.250. The van der Waals surface area contributed by atoms with E-state index in [1.807, 2.05) is 48.5 Å². The minimum atomic E-state index is -3.53. The molecule has 1 aliphatic rings. The van der Waals surface area contributed by atoms with Crippen molar-refractivity contribution in [1.82, 2.24) is 14.4 Å². The molecular weight excluding hydrogens is 360 g/mol. The average molecular weight is 380 g/mol. The van der Waals surface area contributed by atoms with Gasteiger partial charge in [0.05, 0.1) is 34.9 Å². The van der Waals surface area contributed by atoms with Gasteiger partial charge in [-0.3, -0.25) is 4.98 Å². The van der Waals surface area contributed by atoms with Crippen LogP contribution in [0.25, 0.3) is 11.0 Å². The molecule has 0 saturated heterocycles. The molecule has 0 radical (unpaired) electrons. The molecule has 138 valence electrons. The van der Waals surface area contributed by atoms with E-state index in [9.17, 15) is 8.42 Å². The SMILES string of the molecule is CCc1ccc(C2=NN(S(C)(=O)=O)[C@H](c3cnc4ccccc4n3)C2)cc1. The van der Waals surface area contributed by atoms with Crippen LogP contribution in [0.2, 0.25) is 0 Å². The fourth-order valence-corrected chi connectivity index (χ4v) is 4.15. The summed E-state index contributed by atoms with van der Waals surface area (Å²) in [4.78, 5) is 9.06. The van der Waals surface area contributed by atoms with Crippen molar-refractivity contribution >= 4 is 26.8 Å². The zero-order valence-electron chi connectivity index (χ0n) is 15.2. The number of para-hydroxylation sites is 2. The van der Waals surface area contributed by atoms with Crippen molar-refractivity contribution in [2.24, 2.45) is 5.10 Å². The van der Waals surface area contributed by atoms with Crippen molar-refractivity contribution in [3.63, 3.8) is 0 Å². The molecule has 0 aliphatic carbocycles. The number of hydrazone groups is 1. The maximum absolute atomic E-state index is 12.3. The van der Waals surface area contributed by atoms with Crippen molar-refractivity contribution in [2.75, 3.05) is 6.26 Å². The zero-order valence-corrected chi connectivity index (χ0v) is 16.0. The first kappa shape index (κ1) is 17.6. The van der Waals surface area contributed by atoms with Gasteiger partial charge >= 0.3 is 0 Å². The van der Waals surface area contributed by atoms with Crippen LogP contribution in [0.4, 0.5) is 0 Å². The normalized spacial score (nSPS) is 17.3. The fourth-order valence-electron chi connectivity index (χ4n) is 3.25. The Bertz CT molecular complexity index is 1120. The van der Waals surface area contributed by atoms with Gasteiger partial charge in [0.1, 0.15) is 6.04 Å². The topological polar surface area (TPSA) is 75.5 Å². The Morgan fingerprint density at radius 2 is 1.78 bits per heavy atom. The average Bonchev–Trinajstić information content (AvgIpc) is 3.14. The highest BCUT2D eigenvalue weighted by molar-refractivity contribution is 7.88. The lowest BCUT2D eigenvalue weighted by atomic mass is 10.0. The molecule has 2 aromatic carbocycles. The molecule has 0 bridgehead atoms. The minimum absolute atomic E-state index is 0.464. The zero-order chi connectivity index (χ0) is 19.0. The molecule has 1 aliphatic heterocycles. The summed E-state index contributed by atoms with van der Waals surface area (Å²) >= 11 is 0. The van der Waals surface area contributed by atoms with E-state index < -0.39 is 16.1 Å². The van der Waals surface area contributed by atoms with Gasteiger partial charge in [-0.1, -0.05) is 43.3 Å². The first-order chi connectivity index (χ1) is 13.0. The Morgan fingerprint density at radius 1 is 1.07 bits per heavy atom. The summed E-state index contributed by atoms with van der Waals surface area (Å²) in [5.41, 5.74) is 5.02. The smallest absolute Gasteiger partial charge is 0.247 e. The van der Waals surface area contributed by atoms with Gasteiger partial charge in [-0.25, -0.2) is 13.4 Å². The second kappa shape index (κ2) is 6.74. The van der Waals surface area contributed by atoms with Gasteiger partial charge in [-0.05, 0) is 29.7 Å². The van der Waals surface area contributed by atoms with E-state index in [-0.39, 0.29) is 0 Å². The number of aromatic nitrogens is 2. The number of nitrogens with zero attached hydrogens (tertiary/aromatic N) is 4. The van der Waals surface area contributed by atoms with E-state index in [1.54, 1.807) is 6.20 Å².